The number of hydrogen-bond donors (Lipinski definition) is 0. The van der Waals surface area contributed by atoms with Gasteiger partial charge in [-0.2, -0.15) is 26.3 Å². The van der Waals surface area contributed by atoms with E-state index in [1.165, 1.54) is 0 Å². The van der Waals surface area contributed by atoms with Gasteiger partial charge in [0.2, 0.25) is 0 Å². The summed E-state index contributed by atoms with van der Waals surface area (Å²) < 4.78 is 69.6. The van der Waals surface area contributed by atoms with Crippen LogP contribution in [-0.2, 0) is 4.74 Å². The Morgan fingerprint density at radius 3 is 1.08 bits per heavy atom. The molecule has 0 bridgehead atoms. The number of halogens is 6. The second-order valence-corrected chi connectivity index (χ2v) is 1.17. The van der Waals surface area contributed by atoms with E-state index in [2.05, 4.69) is 4.74 Å². The molecular formula is C4H2F6O2. The fraction of sp³-hybridized carbons (Fsp3) is 0. The Hall–Kier alpha value is -1.18. The van der Waals surface area contributed by atoms with Crippen LogP contribution in [0, 0.1) is 0 Å². The van der Waals surface area contributed by atoms with Gasteiger partial charge in [0.05, 0.1) is 0 Å². The van der Waals surface area contributed by atoms with E-state index in [9.17, 15) is 26.3 Å². The van der Waals surface area contributed by atoms with Crippen LogP contribution >= 0.6 is 0 Å². The Balaban J connectivity index is 0. The van der Waals surface area contributed by atoms with E-state index in [4.69, 9.17) is 0 Å². The minimum absolute atomic E-state index is 0. The lowest BCUT2D eigenvalue weighted by atomic mass is 10.9. The highest BCUT2D eigenvalue weighted by atomic mass is 19.3. The monoisotopic (exact) mass is 196 g/mol. The molecular weight excluding hydrogens is 194 g/mol. The van der Waals surface area contributed by atoms with E-state index >= 15 is 0 Å². The quantitative estimate of drug-likeness (QED) is 0.493. The fourth-order valence-electron chi connectivity index (χ4n) is 0.156. The first-order valence-corrected chi connectivity index (χ1v) is 2.04. The van der Waals surface area contributed by atoms with Crippen LogP contribution in [0.4, 0.5) is 26.3 Å². The Labute approximate surface area is 62.0 Å². The van der Waals surface area contributed by atoms with Crippen molar-refractivity contribution in [1.29, 1.82) is 0 Å². The van der Waals surface area contributed by atoms with Crippen molar-refractivity contribution in [3.63, 3.8) is 0 Å². The average Bonchev–Trinajstić information content (AvgIpc) is 1.87. The Morgan fingerprint density at radius 2 is 0.917 bits per heavy atom. The van der Waals surface area contributed by atoms with Gasteiger partial charge in [0.15, 0.2) is 0 Å². The summed E-state index contributed by atoms with van der Waals surface area (Å²) in [6, 6.07) is -5.37. The van der Waals surface area contributed by atoms with Gasteiger partial charge < -0.3 is 10.2 Å². The van der Waals surface area contributed by atoms with Crippen molar-refractivity contribution in [3.05, 3.63) is 24.2 Å². The summed E-state index contributed by atoms with van der Waals surface area (Å²) in [5, 5.41) is 0. The van der Waals surface area contributed by atoms with Crippen LogP contribution < -0.4 is 0 Å². The molecule has 0 saturated heterocycles. The van der Waals surface area contributed by atoms with Crippen LogP contribution in [0.2, 0.25) is 0 Å². The standard InChI is InChI=1S/C4F6O.H2O/c5-1(6)3(9)11-4(10)2(7)8;/h;1H2. The summed E-state index contributed by atoms with van der Waals surface area (Å²) >= 11 is 0. The third-order valence-electron chi connectivity index (χ3n) is 0.476. The van der Waals surface area contributed by atoms with Crippen LogP contribution in [0.1, 0.15) is 0 Å². The van der Waals surface area contributed by atoms with Gasteiger partial charge in [-0.1, -0.05) is 0 Å². The van der Waals surface area contributed by atoms with Crippen molar-refractivity contribution < 1.29 is 36.6 Å². The van der Waals surface area contributed by atoms with Crippen LogP contribution in [0.15, 0.2) is 24.2 Å². The molecule has 0 radical (unpaired) electrons. The van der Waals surface area contributed by atoms with Crippen molar-refractivity contribution in [1.82, 2.24) is 0 Å². The van der Waals surface area contributed by atoms with Crippen molar-refractivity contribution in [2.75, 3.05) is 0 Å². The smallest absolute Gasteiger partial charge is 0.346 e. The molecule has 72 valence electrons. The number of hydrogen-bond acceptors (Lipinski definition) is 1. The molecule has 8 heteroatoms. The van der Waals surface area contributed by atoms with E-state index in [1.54, 1.807) is 0 Å². The maximum absolute atomic E-state index is 11.4. The molecule has 0 aromatic rings. The van der Waals surface area contributed by atoms with E-state index in [0.29, 0.717) is 0 Å². The molecule has 0 aromatic carbocycles. The predicted octanol–water partition coefficient (Wildman–Crippen LogP) is 2.25. The number of ether oxygens (including phenoxy) is 1. The van der Waals surface area contributed by atoms with Crippen molar-refractivity contribution in [2.24, 2.45) is 0 Å². The molecule has 0 spiro atoms. The molecule has 0 aliphatic carbocycles. The molecule has 0 unspecified atom stereocenters. The predicted molar refractivity (Wildman–Crippen MR) is 25.4 cm³/mol. The van der Waals surface area contributed by atoms with Gasteiger partial charge in [0, 0.05) is 0 Å². The summed E-state index contributed by atoms with van der Waals surface area (Å²) in [5.74, 6) is 0. The molecule has 0 aliphatic heterocycles. The second-order valence-electron chi connectivity index (χ2n) is 1.17. The van der Waals surface area contributed by atoms with Gasteiger partial charge in [-0.15, -0.1) is 0 Å². The van der Waals surface area contributed by atoms with Crippen LogP contribution in [-0.4, -0.2) is 5.48 Å². The highest BCUT2D eigenvalue weighted by Gasteiger charge is 2.13. The van der Waals surface area contributed by atoms with Gasteiger partial charge in [0.1, 0.15) is 0 Å². The van der Waals surface area contributed by atoms with E-state index in [1.807, 2.05) is 0 Å². The van der Waals surface area contributed by atoms with E-state index < -0.39 is 24.2 Å². The highest BCUT2D eigenvalue weighted by molar-refractivity contribution is 4.90. The minimum atomic E-state index is -3.01. The summed E-state index contributed by atoms with van der Waals surface area (Å²) in [6.07, 6.45) is -6.03. The molecule has 12 heavy (non-hydrogen) atoms. The Morgan fingerprint density at radius 1 is 0.667 bits per heavy atom. The van der Waals surface area contributed by atoms with Crippen molar-refractivity contribution >= 4 is 0 Å². The van der Waals surface area contributed by atoms with Gasteiger partial charge >= 0.3 is 24.2 Å². The molecule has 0 aromatic heterocycles. The molecule has 0 amide bonds. The molecule has 0 heterocycles. The maximum atomic E-state index is 11.4. The minimum Gasteiger partial charge on any atom is -0.412 e. The molecule has 0 fully saturated rings. The Bertz CT molecular complexity index is 180. The van der Waals surface area contributed by atoms with Gasteiger partial charge in [-0.25, -0.2) is 0 Å². The van der Waals surface area contributed by atoms with Crippen LogP contribution in [0.5, 0.6) is 0 Å². The SMILES string of the molecule is FC(F)=C(F)OC(F)=C(F)F.O. The largest absolute Gasteiger partial charge is 0.412 e. The third-order valence-corrected chi connectivity index (χ3v) is 0.476. The van der Waals surface area contributed by atoms with Crippen LogP contribution in [0.3, 0.4) is 0 Å². The van der Waals surface area contributed by atoms with Crippen molar-refractivity contribution in [2.45, 2.75) is 0 Å². The summed E-state index contributed by atoms with van der Waals surface area (Å²) in [7, 11) is 0. The molecule has 2 N–H and O–H groups in total. The first-order chi connectivity index (χ1) is 4.95. The lowest BCUT2D eigenvalue weighted by molar-refractivity contribution is 0.109. The lowest BCUT2D eigenvalue weighted by Gasteiger charge is -1.94. The molecule has 2 nitrogen and oxygen atoms in total. The first kappa shape index (κ1) is 13.4. The van der Waals surface area contributed by atoms with E-state index in [0.717, 1.165) is 0 Å². The zero-order chi connectivity index (χ0) is 9.02. The first-order valence-electron chi connectivity index (χ1n) is 2.04. The number of rotatable bonds is 2. The molecule has 0 rings (SSSR count). The molecule has 0 atom stereocenters. The summed E-state index contributed by atoms with van der Waals surface area (Å²) in [5.41, 5.74) is 0. The molecule has 0 saturated carbocycles. The zero-order valence-electron chi connectivity index (χ0n) is 5.18. The molecule has 0 aliphatic rings. The lowest BCUT2D eigenvalue weighted by Crippen LogP contribution is -1.85. The van der Waals surface area contributed by atoms with E-state index in [-0.39, 0.29) is 5.48 Å². The Kier molecular flexibility index (Phi) is 6.11. The van der Waals surface area contributed by atoms with Crippen molar-refractivity contribution in [3.8, 4) is 0 Å². The summed E-state index contributed by atoms with van der Waals surface area (Å²) in [4.78, 5) is 0. The van der Waals surface area contributed by atoms with Gasteiger partial charge in [-0.05, 0) is 0 Å². The zero-order valence-corrected chi connectivity index (χ0v) is 5.18. The highest BCUT2D eigenvalue weighted by Crippen LogP contribution is 2.19. The third kappa shape index (κ3) is 4.61. The second kappa shape index (κ2) is 5.47. The summed E-state index contributed by atoms with van der Waals surface area (Å²) in [6.45, 7) is 0. The van der Waals surface area contributed by atoms with Crippen LogP contribution in [0.25, 0.3) is 0 Å². The maximum Gasteiger partial charge on any atom is 0.346 e. The normalized spacial score (nSPS) is 8.17. The fourth-order valence-corrected chi connectivity index (χ4v) is 0.156. The average molecular weight is 196 g/mol. The topological polar surface area (TPSA) is 40.7 Å². The van der Waals surface area contributed by atoms with Gasteiger partial charge in [-0.3, -0.25) is 0 Å². The van der Waals surface area contributed by atoms with Gasteiger partial charge in [0.25, 0.3) is 0 Å².